The summed E-state index contributed by atoms with van der Waals surface area (Å²) in [6.07, 6.45) is 1.43. The molecule has 1 amide bonds. The molecule has 110 valence electrons. The average molecular weight is 278 g/mol. The average Bonchev–Trinajstić information content (AvgIpc) is 3.10. The molecule has 2 rings (SSSR count). The van der Waals surface area contributed by atoms with Crippen LogP contribution in [0.1, 0.15) is 39.2 Å². The van der Waals surface area contributed by atoms with E-state index >= 15 is 0 Å². The van der Waals surface area contributed by atoms with E-state index in [4.69, 9.17) is 10.5 Å². The number of hydrogen-bond donors (Lipinski definition) is 3. The van der Waals surface area contributed by atoms with Crippen LogP contribution in [0.2, 0.25) is 0 Å². The number of amides is 1. The SMILES string of the molecule is CC(C)(C)OC(=O)Nc1ccc(O)cc1C1(CN)CC1. The van der Waals surface area contributed by atoms with E-state index in [0.29, 0.717) is 12.2 Å². The van der Waals surface area contributed by atoms with Gasteiger partial charge in [0.15, 0.2) is 0 Å². The van der Waals surface area contributed by atoms with Gasteiger partial charge in [-0.2, -0.15) is 0 Å². The van der Waals surface area contributed by atoms with Crippen LogP contribution < -0.4 is 11.1 Å². The van der Waals surface area contributed by atoms with Crippen molar-refractivity contribution in [3.63, 3.8) is 0 Å². The molecule has 0 atom stereocenters. The number of aromatic hydroxyl groups is 1. The second kappa shape index (κ2) is 4.98. The Morgan fingerprint density at radius 2 is 2.10 bits per heavy atom. The zero-order valence-corrected chi connectivity index (χ0v) is 12.2. The summed E-state index contributed by atoms with van der Waals surface area (Å²) < 4.78 is 5.25. The summed E-state index contributed by atoms with van der Waals surface area (Å²) >= 11 is 0. The molecule has 1 aromatic rings. The van der Waals surface area contributed by atoms with Crippen molar-refractivity contribution in [2.45, 2.75) is 44.6 Å². The van der Waals surface area contributed by atoms with Gasteiger partial charge in [-0.1, -0.05) is 0 Å². The van der Waals surface area contributed by atoms with Crippen LogP contribution >= 0.6 is 0 Å². The first kappa shape index (κ1) is 14.7. The van der Waals surface area contributed by atoms with Crippen LogP contribution in [0.4, 0.5) is 10.5 Å². The number of anilines is 1. The summed E-state index contributed by atoms with van der Waals surface area (Å²) in [7, 11) is 0. The van der Waals surface area contributed by atoms with Crippen molar-refractivity contribution in [1.82, 2.24) is 0 Å². The molecule has 5 nitrogen and oxygen atoms in total. The van der Waals surface area contributed by atoms with Gasteiger partial charge in [-0.3, -0.25) is 5.32 Å². The zero-order chi connectivity index (χ0) is 15.0. The van der Waals surface area contributed by atoms with E-state index in [2.05, 4.69) is 5.32 Å². The number of nitrogens with one attached hydrogen (secondary N) is 1. The quantitative estimate of drug-likeness (QED) is 0.742. The fourth-order valence-electron chi connectivity index (χ4n) is 2.23. The molecule has 1 aromatic carbocycles. The Kier molecular flexibility index (Phi) is 3.65. The van der Waals surface area contributed by atoms with Crippen molar-refractivity contribution in [1.29, 1.82) is 0 Å². The van der Waals surface area contributed by atoms with Crippen molar-refractivity contribution in [2.75, 3.05) is 11.9 Å². The van der Waals surface area contributed by atoms with E-state index in [1.165, 1.54) is 0 Å². The number of rotatable bonds is 3. The van der Waals surface area contributed by atoms with Crippen LogP contribution in [-0.2, 0) is 10.2 Å². The number of benzene rings is 1. The Balaban J connectivity index is 2.22. The van der Waals surface area contributed by atoms with Crippen LogP contribution in [0.15, 0.2) is 18.2 Å². The number of phenols is 1. The Labute approximate surface area is 119 Å². The van der Waals surface area contributed by atoms with Crippen molar-refractivity contribution in [3.8, 4) is 5.75 Å². The smallest absolute Gasteiger partial charge is 0.412 e. The first-order valence-corrected chi connectivity index (χ1v) is 6.79. The topological polar surface area (TPSA) is 84.6 Å². The highest BCUT2D eigenvalue weighted by Crippen LogP contribution is 2.50. The number of carbonyl (C=O) groups is 1. The highest BCUT2D eigenvalue weighted by atomic mass is 16.6. The van der Waals surface area contributed by atoms with Crippen LogP contribution in [0.25, 0.3) is 0 Å². The lowest BCUT2D eigenvalue weighted by Gasteiger charge is -2.22. The molecule has 0 aromatic heterocycles. The monoisotopic (exact) mass is 278 g/mol. The van der Waals surface area contributed by atoms with E-state index in [-0.39, 0.29) is 11.2 Å². The molecule has 4 N–H and O–H groups in total. The fraction of sp³-hybridized carbons (Fsp3) is 0.533. The lowest BCUT2D eigenvalue weighted by Crippen LogP contribution is -2.28. The van der Waals surface area contributed by atoms with E-state index < -0.39 is 11.7 Å². The third-order valence-electron chi connectivity index (χ3n) is 3.45. The Morgan fingerprint density at radius 1 is 1.45 bits per heavy atom. The molecule has 0 radical (unpaired) electrons. The highest BCUT2D eigenvalue weighted by Gasteiger charge is 2.44. The standard InChI is InChI=1S/C15H22N2O3/c1-14(2,3)20-13(19)17-12-5-4-10(18)8-11(12)15(9-16)6-7-15/h4-5,8,18H,6-7,9,16H2,1-3H3,(H,17,19). The number of carbonyl (C=O) groups excluding carboxylic acids is 1. The van der Waals surface area contributed by atoms with E-state index in [1.807, 2.05) is 20.8 Å². The predicted octanol–water partition coefficient (Wildman–Crippen LogP) is 2.73. The summed E-state index contributed by atoms with van der Waals surface area (Å²) in [5.41, 5.74) is 6.69. The Hall–Kier alpha value is -1.75. The molecule has 1 fully saturated rings. The number of phenolic OH excluding ortho intramolecular Hbond substituents is 1. The lowest BCUT2D eigenvalue weighted by molar-refractivity contribution is 0.0635. The maximum atomic E-state index is 11.9. The van der Waals surface area contributed by atoms with Crippen LogP contribution in [0.5, 0.6) is 5.75 Å². The molecule has 1 aliphatic carbocycles. The third kappa shape index (κ3) is 3.22. The van der Waals surface area contributed by atoms with Gasteiger partial charge in [0, 0.05) is 17.6 Å². The fourth-order valence-corrected chi connectivity index (χ4v) is 2.23. The lowest BCUT2D eigenvalue weighted by atomic mass is 9.94. The summed E-state index contributed by atoms with van der Waals surface area (Å²) in [5, 5.41) is 12.4. The molecule has 20 heavy (non-hydrogen) atoms. The van der Waals surface area contributed by atoms with Crippen LogP contribution in [0, 0.1) is 0 Å². The molecule has 1 aliphatic rings. The van der Waals surface area contributed by atoms with Gasteiger partial charge in [0.1, 0.15) is 11.4 Å². The normalized spacial score (nSPS) is 16.6. The van der Waals surface area contributed by atoms with Crippen LogP contribution in [-0.4, -0.2) is 23.3 Å². The molecular formula is C15H22N2O3. The van der Waals surface area contributed by atoms with E-state index in [0.717, 1.165) is 18.4 Å². The first-order valence-electron chi connectivity index (χ1n) is 6.79. The minimum absolute atomic E-state index is 0.122. The molecule has 0 spiro atoms. The van der Waals surface area contributed by atoms with Gasteiger partial charge in [0.25, 0.3) is 0 Å². The zero-order valence-electron chi connectivity index (χ0n) is 12.2. The summed E-state index contributed by atoms with van der Waals surface area (Å²) in [6.45, 7) is 5.94. The van der Waals surface area contributed by atoms with Crippen molar-refractivity contribution >= 4 is 11.8 Å². The van der Waals surface area contributed by atoms with Gasteiger partial charge in [0.2, 0.25) is 0 Å². The predicted molar refractivity (Wildman–Crippen MR) is 77.9 cm³/mol. The highest BCUT2D eigenvalue weighted by molar-refractivity contribution is 5.86. The van der Waals surface area contributed by atoms with Crippen molar-refractivity contribution < 1.29 is 14.6 Å². The van der Waals surface area contributed by atoms with Crippen molar-refractivity contribution in [2.24, 2.45) is 5.73 Å². The number of hydrogen-bond acceptors (Lipinski definition) is 4. The first-order chi connectivity index (χ1) is 9.26. The van der Waals surface area contributed by atoms with Gasteiger partial charge >= 0.3 is 6.09 Å². The maximum Gasteiger partial charge on any atom is 0.412 e. The molecule has 0 saturated heterocycles. The molecule has 0 bridgehead atoms. The number of ether oxygens (including phenoxy) is 1. The summed E-state index contributed by atoms with van der Waals surface area (Å²) in [4.78, 5) is 11.9. The minimum Gasteiger partial charge on any atom is -0.508 e. The van der Waals surface area contributed by atoms with E-state index in [1.54, 1.807) is 18.2 Å². The molecule has 0 unspecified atom stereocenters. The largest absolute Gasteiger partial charge is 0.508 e. The summed E-state index contributed by atoms with van der Waals surface area (Å²) in [6, 6.07) is 4.90. The maximum absolute atomic E-state index is 11.9. The van der Waals surface area contributed by atoms with Gasteiger partial charge in [-0.25, -0.2) is 4.79 Å². The van der Waals surface area contributed by atoms with Gasteiger partial charge in [-0.15, -0.1) is 0 Å². The molecule has 0 heterocycles. The molecule has 0 aliphatic heterocycles. The van der Waals surface area contributed by atoms with E-state index in [9.17, 15) is 9.90 Å². The second-order valence-electron chi connectivity index (χ2n) is 6.34. The van der Waals surface area contributed by atoms with Gasteiger partial charge in [-0.05, 0) is 57.4 Å². The van der Waals surface area contributed by atoms with Crippen molar-refractivity contribution in [3.05, 3.63) is 23.8 Å². The Bertz CT molecular complexity index is 516. The number of nitrogens with two attached hydrogens (primary N) is 1. The second-order valence-corrected chi connectivity index (χ2v) is 6.34. The van der Waals surface area contributed by atoms with Gasteiger partial charge < -0.3 is 15.6 Å². The molecular weight excluding hydrogens is 256 g/mol. The molecule has 1 saturated carbocycles. The summed E-state index contributed by atoms with van der Waals surface area (Å²) in [5.74, 6) is 0.175. The molecule has 5 heteroatoms. The third-order valence-corrected chi connectivity index (χ3v) is 3.45. The van der Waals surface area contributed by atoms with Crippen LogP contribution in [0.3, 0.4) is 0 Å². The minimum atomic E-state index is -0.549. The van der Waals surface area contributed by atoms with Gasteiger partial charge in [0.05, 0.1) is 0 Å². The Morgan fingerprint density at radius 3 is 2.60 bits per heavy atom.